The van der Waals surface area contributed by atoms with Crippen LogP contribution in [0.4, 0.5) is 17.1 Å². The molecule has 1 amide bonds. The Bertz CT molecular complexity index is 1700. The van der Waals surface area contributed by atoms with E-state index in [1.54, 1.807) is 43.3 Å². The van der Waals surface area contributed by atoms with Gasteiger partial charge in [-0.3, -0.25) is 9.35 Å². The Labute approximate surface area is 250 Å². The van der Waals surface area contributed by atoms with E-state index in [-0.39, 0.29) is 56.5 Å². The number of carbonyl (C=O) groups excluding carboxylic acids is 1. The third-order valence-electron chi connectivity index (χ3n) is 5.42. The molecule has 0 bridgehead atoms. The van der Waals surface area contributed by atoms with E-state index < -0.39 is 26.7 Å². The number of ether oxygens (including phenoxy) is 1. The predicted octanol–water partition coefficient (Wildman–Crippen LogP) is 3.46. The molecule has 4 aromatic rings. The SMILES string of the molecule is COc1ccc(NC(=O)c2cc3ccccc3c(N=Nc3cc(Cl)c(S(=O)(=O)O)cc3C)c2[O-])cc1Cl.[Na+]. The number of nitrogens with zero attached hydrogens (tertiary/aromatic N) is 2. The Morgan fingerprint density at radius 1 is 1.03 bits per heavy atom. The molecule has 0 aromatic heterocycles. The fourth-order valence-electron chi connectivity index (χ4n) is 3.57. The predicted molar refractivity (Wildman–Crippen MR) is 140 cm³/mol. The van der Waals surface area contributed by atoms with Crippen molar-refractivity contribution in [2.45, 2.75) is 11.8 Å². The zero-order valence-electron chi connectivity index (χ0n) is 20.3. The molecule has 38 heavy (non-hydrogen) atoms. The maximum absolute atomic E-state index is 13.3. The third kappa shape index (κ3) is 6.29. The van der Waals surface area contributed by atoms with E-state index in [0.717, 1.165) is 6.07 Å². The molecular formula is C25H18Cl2N3NaO6S. The van der Waals surface area contributed by atoms with Crippen LogP contribution < -0.4 is 44.7 Å². The number of benzene rings is 4. The summed E-state index contributed by atoms with van der Waals surface area (Å²) in [4.78, 5) is 12.6. The molecule has 2 N–H and O–H groups in total. The van der Waals surface area contributed by atoms with Crippen molar-refractivity contribution in [1.29, 1.82) is 0 Å². The van der Waals surface area contributed by atoms with Crippen LogP contribution in [0.15, 0.2) is 75.8 Å². The number of aryl methyl sites for hydroxylation is 1. The molecule has 0 aliphatic carbocycles. The van der Waals surface area contributed by atoms with Crippen molar-refractivity contribution in [1.82, 2.24) is 0 Å². The van der Waals surface area contributed by atoms with Gasteiger partial charge < -0.3 is 15.2 Å². The molecular weight excluding hydrogens is 564 g/mol. The van der Waals surface area contributed by atoms with Gasteiger partial charge in [0.25, 0.3) is 16.0 Å². The summed E-state index contributed by atoms with van der Waals surface area (Å²) >= 11 is 12.1. The fourth-order valence-corrected chi connectivity index (χ4v) is 4.91. The number of anilines is 1. The molecule has 0 atom stereocenters. The number of carbonyl (C=O) groups is 1. The second kappa shape index (κ2) is 12.0. The Hall–Kier alpha value is -2.70. The number of fused-ring (bicyclic) bond motifs is 1. The number of hydrogen-bond donors (Lipinski definition) is 2. The van der Waals surface area contributed by atoms with Gasteiger partial charge in [-0.05, 0) is 54.3 Å². The van der Waals surface area contributed by atoms with E-state index in [1.807, 2.05) is 0 Å². The van der Waals surface area contributed by atoms with Crippen molar-refractivity contribution >= 4 is 67.1 Å². The molecule has 9 nitrogen and oxygen atoms in total. The quantitative estimate of drug-likeness (QED) is 0.203. The average Bonchev–Trinajstić information content (AvgIpc) is 2.84. The fraction of sp³-hybridized carbons (Fsp3) is 0.0800. The minimum Gasteiger partial charge on any atom is -0.870 e. The van der Waals surface area contributed by atoms with E-state index in [1.165, 1.54) is 25.3 Å². The van der Waals surface area contributed by atoms with Crippen LogP contribution in [0.1, 0.15) is 15.9 Å². The third-order valence-corrected chi connectivity index (χ3v) is 7.03. The van der Waals surface area contributed by atoms with Crippen molar-refractivity contribution in [3.8, 4) is 11.5 Å². The second-order valence-corrected chi connectivity index (χ2v) is 10.1. The summed E-state index contributed by atoms with van der Waals surface area (Å²) in [6, 6.07) is 15.3. The van der Waals surface area contributed by atoms with Gasteiger partial charge in [0, 0.05) is 16.6 Å². The molecule has 0 unspecified atom stereocenters. The van der Waals surface area contributed by atoms with E-state index >= 15 is 0 Å². The monoisotopic (exact) mass is 581 g/mol. The first-order valence-corrected chi connectivity index (χ1v) is 12.8. The summed E-state index contributed by atoms with van der Waals surface area (Å²) in [5, 5.41) is 25.2. The molecule has 0 aliphatic heterocycles. The summed E-state index contributed by atoms with van der Waals surface area (Å²) in [5.74, 6) is -0.916. The van der Waals surface area contributed by atoms with E-state index in [0.29, 0.717) is 27.8 Å². The molecule has 4 rings (SSSR count). The molecule has 13 heteroatoms. The van der Waals surface area contributed by atoms with Crippen LogP contribution in [0.3, 0.4) is 0 Å². The molecule has 0 fully saturated rings. The van der Waals surface area contributed by atoms with E-state index in [4.69, 9.17) is 27.9 Å². The molecule has 0 saturated heterocycles. The zero-order chi connectivity index (χ0) is 26.9. The maximum Gasteiger partial charge on any atom is 1.00 e. The van der Waals surface area contributed by atoms with Crippen LogP contribution in [-0.2, 0) is 10.1 Å². The molecule has 190 valence electrons. The summed E-state index contributed by atoms with van der Waals surface area (Å²) in [5.41, 5.74) is 0.601. The maximum atomic E-state index is 13.3. The van der Waals surface area contributed by atoms with Crippen LogP contribution in [0.2, 0.25) is 10.0 Å². The topological polar surface area (TPSA) is 140 Å². The first kappa shape index (κ1) is 29.9. The molecule has 0 spiro atoms. The number of methoxy groups -OCH3 is 1. The number of nitrogens with one attached hydrogen (secondary N) is 1. The smallest absolute Gasteiger partial charge is 0.870 e. The van der Waals surface area contributed by atoms with Crippen LogP contribution in [0.25, 0.3) is 10.8 Å². The van der Waals surface area contributed by atoms with Crippen molar-refractivity contribution in [2.75, 3.05) is 12.4 Å². The molecule has 0 saturated carbocycles. The Balaban J connectivity index is 0.00000400. The van der Waals surface area contributed by atoms with Crippen molar-refractivity contribution < 1.29 is 57.2 Å². The van der Waals surface area contributed by atoms with Crippen molar-refractivity contribution in [3.05, 3.63) is 81.8 Å². The standard InChI is InChI=1S/C25H19Cl2N3O6S.Na/c1-13-9-22(37(33,34)35)19(27)12-20(13)29-30-23-16-6-4-3-5-14(16)10-17(24(23)31)25(32)28-15-7-8-21(36-2)18(26)11-15;/h3-12,31H,1-2H3,(H,28,32)(H,33,34,35);/q;+1/p-1. The minimum absolute atomic E-state index is 0. The summed E-state index contributed by atoms with van der Waals surface area (Å²) < 4.78 is 37.4. The van der Waals surface area contributed by atoms with Gasteiger partial charge in [-0.25, -0.2) is 0 Å². The number of rotatable bonds is 6. The summed E-state index contributed by atoms with van der Waals surface area (Å²) in [7, 11) is -3.07. The Kier molecular flexibility index (Phi) is 9.43. The molecule has 0 heterocycles. The van der Waals surface area contributed by atoms with Crippen LogP contribution in [-0.4, -0.2) is 26.0 Å². The zero-order valence-corrected chi connectivity index (χ0v) is 24.6. The van der Waals surface area contributed by atoms with Gasteiger partial charge in [0.2, 0.25) is 0 Å². The van der Waals surface area contributed by atoms with Gasteiger partial charge in [-0.15, -0.1) is 0 Å². The van der Waals surface area contributed by atoms with Crippen LogP contribution in [0.5, 0.6) is 11.5 Å². The van der Waals surface area contributed by atoms with Crippen LogP contribution >= 0.6 is 23.2 Å². The Morgan fingerprint density at radius 3 is 2.39 bits per heavy atom. The summed E-state index contributed by atoms with van der Waals surface area (Å²) in [6.45, 7) is 1.54. The minimum atomic E-state index is -4.54. The average molecular weight is 582 g/mol. The Morgan fingerprint density at radius 2 is 1.74 bits per heavy atom. The van der Waals surface area contributed by atoms with Gasteiger partial charge in [0.1, 0.15) is 10.6 Å². The van der Waals surface area contributed by atoms with Crippen molar-refractivity contribution in [2.24, 2.45) is 10.2 Å². The number of halogens is 2. The molecule has 0 radical (unpaired) electrons. The van der Waals surface area contributed by atoms with Gasteiger partial charge in [-0.1, -0.05) is 53.2 Å². The molecule has 0 aliphatic rings. The van der Waals surface area contributed by atoms with E-state index in [9.17, 15) is 22.9 Å². The van der Waals surface area contributed by atoms with Crippen LogP contribution in [0, 0.1) is 6.92 Å². The van der Waals surface area contributed by atoms with E-state index in [2.05, 4.69) is 15.5 Å². The largest absolute Gasteiger partial charge is 1.00 e. The van der Waals surface area contributed by atoms with Gasteiger partial charge in [0.15, 0.2) is 0 Å². The first-order valence-electron chi connectivity index (χ1n) is 10.6. The number of amides is 1. The second-order valence-electron chi connectivity index (χ2n) is 7.87. The summed E-state index contributed by atoms with van der Waals surface area (Å²) in [6.07, 6.45) is 0. The van der Waals surface area contributed by atoms with Gasteiger partial charge in [0.05, 0.1) is 28.5 Å². The normalized spacial score (nSPS) is 11.4. The molecule has 4 aromatic carbocycles. The number of hydrogen-bond acceptors (Lipinski definition) is 7. The van der Waals surface area contributed by atoms with Crippen molar-refractivity contribution in [3.63, 3.8) is 0 Å². The number of azo groups is 1. The first-order chi connectivity index (χ1) is 17.5. The van der Waals surface area contributed by atoms with Gasteiger partial charge >= 0.3 is 29.6 Å². The van der Waals surface area contributed by atoms with Gasteiger partial charge in [-0.2, -0.15) is 18.6 Å².